The van der Waals surface area contributed by atoms with E-state index in [4.69, 9.17) is 9.47 Å². The van der Waals surface area contributed by atoms with Crippen molar-refractivity contribution in [2.75, 3.05) is 13.3 Å². The Labute approximate surface area is 130 Å². The minimum absolute atomic E-state index is 0.0777. The predicted octanol–water partition coefficient (Wildman–Crippen LogP) is 2.99. The zero-order chi connectivity index (χ0) is 14.7. The first kappa shape index (κ1) is 12.8. The molecule has 0 radical (unpaired) electrons. The van der Waals surface area contributed by atoms with Gasteiger partial charge in [0.25, 0.3) is 0 Å². The van der Waals surface area contributed by atoms with Crippen LogP contribution in [0.25, 0.3) is 0 Å². The molecule has 4 heteroatoms. The van der Waals surface area contributed by atoms with E-state index >= 15 is 0 Å². The van der Waals surface area contributed by atoms with Gasteiger partial charge in [-0.2, -0.15) is 0 Å². The van der Waals surface area contributed by atoms with Crippen molar-refractivity contribution in [3.8, 4) is 11.5 Å². The van der Waals surface area contributed by atoms with Crippen molar-refractivity contribution in [3.63, 3.8) is 0 Å². The van der Waals surface area contributed by atoms with Gasteiger partial charge in [0.1, 0.15) is 0 Å². The van der Waals surface area contributed by atoms with E-state index < -0.39 is 0 Å². The monoisotopic (exact) mass is 299 g/mol. The third-order valence-electron chi connectivity index (χ3n) is 6.18. The summed E-state index contributed by atoms with van der Waals surface area (Å²) < 4.78 is 11.1. The minimum atomic E-state index is 0.0777. The van der Waals surface area contributed by atoms with Gasteiger partial charge in [0.2, 0.25) is 12.7 Å². The normalized spacial score (nSPS) is 32.3. The first-order valence-corrected chi connectivity index (χ1v) is 8.51. The highest BCUT2D eigenvalue weighted by Crippen LogP contribution is 2.54. The molecule has 1 aromatic carbocycles. The Hall–Kier alpha value is -1.71. The summed E-state index contributed by atoms with van der Waals surface area (Å²) in [5.41, 5.74) is 2.59. The summed E-state index contributed by atoms with van der Waals surface area (Å²) in [6, 6.07) is 4.23. The Balaban J connectivity index is 1.71. The maximum Gasteiger partial charge on any atom is 0.231 e. The van der Waals surface area contributed by atoms with E-state index in [9.17, 15) is 4.79 Å². The quantitative estimate of drug-likeness (QED) is 0.739. The summed E-state index contributed by atoms with van der Waals surface area (Å²) in [4.78, 5) is 15.1. The number of hydrogen-bond donors (Lipinski definition) is 0. The maximum absolute atomic E-state index is 12.9. The Bertz CT molecular complexity index is 656. The molecule has 1 saturated heterocycles. The summed E-state index contributed by atoms with van der Waals surface area (Å²) >= 11 is 0. The molecule has 2 atom stereocenters. The van der Waals surface area contributed by atoms with Gasteiger partial charge in [-0.05, 0) is 48.9 Å². The summed E-state index contributed by atoms with van der Waals surface area (Å²) in [5.74, 6) is 2.44. The Morgan fingerprint density at radius 3 is 2.82 bits per heavy atom. The molecule has 0 bridgehead atoms. The van der Waals surface area contributed by atoms with Crippen LogP contribution >= 0.6 is 0 Å². The first-order chi connectivity index (χ1) is 10.8. The summed E-state index contributed by atoms with van der Waals surface area (Å²) in [5, 5.41) is 0. The van der Waals surface area contributed by atoms with Crippen LogP contribution in [0.5, 0.6) is 11.5 Å². The molecule has 2 unspecified atom stereocenters. The second kappa shape index (κ2) is 4.40. The number of rotatable bonds is 0. The van der Waals surface area contributed by atoms with E-state index in [1.165, 1.54) is 24.8 Å². The molecular weight excluding hydrogens is 278 g/mol. The smallest absolute Gasteiger partial charge is 0.231 e. The molecule has 3 aliphatic heterocycles. The van der Waals surface area contributed by atoms with Gasteiger partial charge in [0, 0.05) is 18.0 Å². The highest BCUT2D eigenvalue weighted by molar-refractivity contribution is 5.82. The molecule has 0 N–H and O–H groups in total. The molecule has 5 rings (SSSR count). The van der Waals surface area contributed by atoms with Crippen LogP contribution in [0.15, 0.2) is 12.1 Å². The van der Waals surface area contributed by atoms with E-state index in [1.807, 2.05) is 0 Å². The highest BCUT2D eigenvalue weighted by Gasteiger charge is 2.52. The van der Waals surface area contributed by atoms with E-state index in [0.717, 1.165) is 42.9 Å². The van der Waals surface area contributed by atoms with Crippen molar-refractivity contribution in [3.05, 3.63) is 23.3 Å². The molecule has 3 heterocycles. The molecule has 1 amide bonds. The summed E-state index contributed by atoms with van der Waals surface area (Å²) in [6.07, 6.45) is 7.71. The minimum Gasteiger partial charge on any atom is -0.454 e. The van der Waals surface area contributed by atoms with Crippen LogP contribution in [-0.2, 0) is 11.2 Å². The lowest BCUT2D eigenvalue weighted by Crippen LogP contribution is -2.51. The number of carbonyl (C=O) groups excluding carboxylic acids is 1. The zero-order valence-corrected chi connectivity index (χ0v) is 12.8. The third kappa shape index (κ3) is 1.56. The molecule has 1 spiro atoms. The lowest BCUT2D eigenvalue weighted by molar-refractivity contribution is -0.135. The average Bonchev–Trinajstić information content (AvgIpc) is 3.12. The fourth-order valence-corrected chi connectivity index (χ4v) is 5.30. The lowest BCUT2D eigenvalue weighted by atomic mass is 9.68. The zero-order valence-electron chi connectivity index (χ0n) is 12.8. The van der Waals surface area contributed by atoms with Crippen LogP contribution in [0.3, 0.4) is 0 Å². The highest BCUT2D eigenvalue weighted by atomic mass is 16.7. The number of carbonyl (C=O) groups is 1. The first-order valence-electron chi connectivity index (χ1n) is 8.51. The standard InChI is InChI=1S/C18H21NO3/c20-17-9-12-8-15-16(22-11-21-15)10-13(12)14-4-1-2-5-18(14)6-3-7-19(17)18/h8,10,14H,1-7,9,11H2. The van der Waals surface area contributed by atoms with Gasteiger partial charge in [-0.3, -0.25) is 4.79 Å². The molecule has 4 nitrogen and oxygen atoms in total. The Kier molecular flexibility index (Phi) is 2.56. The van der Waals surface area contributed by atoms with Crippen molar-refractivity contribution >= 4 is 5.91 Å². The van der Waals surface area contributed by atoms with E-state index in [2.05, 4.69) is 17.0 Å². The van der Waals surface area contributed by atoms with Crippen molar-refractivity contribution < 1.29 is 14.3 Å². The fourth-order valence-electron chi connectivity index (χ4n) is 5.30. The molecule has 1 aromatic rings. The van der Waals surface area contributed by atoms with Crippen LogP contribution in [0.1, 0.15) is 55.6 Å². The van der Waals surface area contributed by atoms with Gasteiger partial charge in [-0.15, -0.1) is 0 Å². The number of ether oxygens (including phenoxy) is 2. The molecule has 1 saturated carbocycles. The maximum atomic E-state index is 12.9. The predicted molar refractivity (Wildman–Crippen MR) is 81.2 cm³/mol. The van der Waals surface area contributed by atoms with Crippen LogP contribution < -0.4 is 9.47 Å². The summed E-state index contributed by atoms with van der Waals surface area (Å²) in [7, 11) is 0. The van der Waals surface area contributed by atoms with Crippen LogP contribution in [0, 0.1) is 0 Å². The Morgan fingerprint density at radius 1 is 1.09 bits per heavy atom. The van der Waals surface area contributed by atoms with Crippen molar-refractivity contribution in [1.29, 1.82) is 0 Å². The largest absolute Gasteiger partial charge is 0.454 e. The molecular formula is C18H21NO3. The third-order valence-corrected chi connectivity index (χ3v) is 6.18. The van der Waals surface area contributed by atoms with Crippen LogP contribution in [0.2, 0.25) is 0 Å². The van der Waals surface area contributed by atoms with Gasteiger partial charge in [0.15, 0.2) is 11.5 Å². The van der Waals surface area contributed by atoms with Crippen molar-refractivity contribution in [2.24, 2.45) is 0 Å². The van der Waals surface area contributed by atoms with Gasteiger partial charge < -0.3 is 14.4 Å². The van der Waals surface area contributed by atoms with Gasteiger partial charge in [-0.1, -0.05) is 12.8 Å². The van der Waals surface area contributed by atoms with Gasteiger partial charge in [0.05, 0.1) is 6.42 Å². The number of hydrogen-bond acceptors (Lipinski definition) is 3. The molecule has 2 fully saturated rings. The van der Waals surface area contributed by atoms with Crippen LogP contribution in [-0.4, -0.2) is 29.7 Å². The van der Waals surface area contributed by atoms with Gasteiger partial charge in [-0.25, -0.2) is 0 Å². The van der Waals surface area contributed by atoms with E-state index in [0.29, 0.717) is 25.0 Å². The fraction of sp³-hybridized carbons (Fsp3) is 0.611. The molecule has 0 aromatic heterocycles. The average molecular weight is 299 g/mol. The second-order valence-corrected chi connectivity index (χ2v) is 7.13. The van der Waals surface area contributed by atoms with Crippen molar-refractivity contribution in [1.82, 2.24) is 4.90 Å². The lowest BCUT2D eigenvalue weighted by Gasteiger charge is -2.46. The van der Waals surface area contributed by atoms with Crippen LogP contribution in [0.4, 0.5) is 0 Å². The number of nitrogens with zero attached hydrogens (tertiary/aromatic N) is 1. The Morgan fingerprint density at radius 2 is 1.91 bits per heavy atom. The molecule has 116 valence electrons. The van der Waals surface area contributed by atoms with Gasteiger partial charge >= 0.3 is 0 Å². The topological polar surface area (TPSA) is 38.8 Å². The van der Waals surface area contributed by atoms with E-state index in [1.54, 1.807) is 0 Å². The second-order valence-electron chi connectivity index (χ2n) is 7.13. The van der Waals surface area contributed by atoms with E-state index in [-0.39, 0.29) is 5.54 Å². The molecule has 4 aliphatic rings. The molecule has 1 aliphatic carbocycles. The molecule has 22 heavy (non-hydrogen) atoms. The summed E-state index contributed by atoms with van der Waals surface area (Å²) in [6.45, 7) is 1.24. The SMILES string of the molecule is O=C1Cc2cc3c(cc2C2CCCCC24CCCN14)OCO3. The number of amides is 1. The number of fused-ring (bicyclic) bond motifs is 3. The van der Waals surface area contributed by atoms with Crippen molar-refractivity contribution in [2.45, 2.75) is 56.4 Å². The number of benzene rings is 1.